The first-order valence-corrected chi connectivity index (χ1v) is 6.36. The molecule has 0 radical (unpaired) electrons. The summed E-state index contributed by atoms with van der Waals surface area (Å²) in [5, 5.41) is 3.31. The maximum atomic E-state index is 11.5. The van der Waals surface area contributed by atoms with E-state index in [1.807, 2.05) is 12.3 Å². The van der Waals surface area contributed by atoms with Crippen molar-refractivity contribution in [2.45, 2.75) is 24.8 Å². The summed E-state index contributed by atoms with van der Waals surface area (Å²) in [6.45, 7) is 3.50. The second-order valence-electron chi connectivity index (χ2n) is 3.80. The van der Waals surface area contributed by atoms with E-state index in [0.29, 0.717) is 0 Å². The van der Waals surface area contributed by atoms with Crippen LogP contribution in [0.15, 0.2) is 17.0 Å². The van der Waals surface area contributed by atoms with E-state index in [1.165, 1.54) is 16.0 Å². The van der Waals surface area contributed by atoms with Crippen LogP contribution in [0.2, 0.25) is 0 Å². The summed E-state index contributed by atoms with van der Waals surface area (Å²) < 4.78 is 0. The highest BCUT2D eigenvalue weighted by Gasteiger charge is 2.16. The Hall–Kier alpha value is -0.800. The molecule has 1 heterocycles. The largest absolute Gasteiger partial charge is 0.312 e. The Bertz CT molecular complexity index is 401. The minimum Gasteiger partial charge on any atom is -0.312 e. The van der Waals surface area contributed by atoms with Crippen LogP contribution in [-0.4, -0.2) is 18.6 Å². The number of Topliss-reactive ketones (excluding diaryl/α,β-unsaturated/α-hetero) is 1. The Labute approximate surface area is 94.4 Å². The van der Waals surface area contributed by atoms with Gasteiger partial charge >= 0.3 is 0 Å². The number of hydrogen-bond acceptors (Lipinski definition) is 3. The maximum Gasteiger partial charge on any atom is 0.160 e. The number of benzene rings is 1. The zero-order chi connectivity index (χ0) is 10.8. The quantitative estimate of drug-likeness (QED) is 0.613. The fraction of sp³-hybridized carbons (Fsp3) is 0.417. The molecule has 0 saturated heterocycles. The van der Waals surface area contributed by atoms with Crippen LogP contribution in [0, 0.1) is 0 Å². The molecule has 0 atom stereocenters. The number of thioether (sulfide) groups is 1. The van der Waals surface area contributed by atoms with Crippen LogP contribution >= 0.6 is 11.8 Å². The summed E-state index contributed by atoms with van der Waals surface area (Å²) in [6, 6.07) is 4.23. The molecule has 0 saturated carbocycles. The monoisotopic (exact) mass is 221 g/mol. The average molecular weight is 221 g/mol. The standard InChI is InChI=1S/C12H15NOS/c1-8(14)11-6-10(15-2)5-9-3-4-13-7-12(9)11/h5-6,13H,3-4,7H2,1-2H3. The molecule has 1 aliphatic rings. The SMILES string of the molecule is CSc1cc2c(c(C(C)=O)c1)CNCC2. The molecule has 1 aromatic carbocycles. The minimum atomic E-state index is 0.172. The molecule has 2 nitrogen and oxygen atoms in total. The van der Waals surface area contributed by atoms with E-state index < -0.39 is 0 Å². The predicted molar refractivity (Wildman–Crippen MR) is 63.6 cm³/mol. The molecule has 0 fully saturated rings. The second kappa shape index (κ2) is 4.37. The Kier molecular flexibility index (Phi) is 3.12. The van der Waals surface area contributed by atoms with Gasteiger partial charge in [0, 0.05) is 17.0 Å². The van der Waals surface area contributed by atoms with Gasteiger partial charge in [0.2, 0.25) is 0 Å². The van der Waals surface area contributed by atoms with E-state index >= 15 is 0 Å². The van der Waals surface area contributed by atoms with E-state index in [0.717, 1.165) is 25.1 Å². The summed E-state index contributed by atoms with van der Waals surface area (Å²) in [4.78, 5) is 12.7. The molecule has 1 N–H and O–H groups in total. The van der Waals surface area contributed by atoms with Gasteiger partial charge in [-0.2, -0.15) is 0 Å². The molecular formula is C12H15NOS. The van der Waals surface area contributed by atoms with Gasteiger partial charge in [0.15, 0.2) is 5.78 Å². The second-order valence-corrected chi connectivity index (χ2v) is 4.68. The molecule has 0 amide bonds. The first-order valence-electron chi connectivity index (χ1n) is 5.14. The number of fused-ring (bicyclic) bond motifs is 1. The zero-order valence-electron chi connectivity index (χ0n) is 9.09. The van der Waals surface area contributed by atoms with E-state index in [9.17, 15) is 4.79 Å². The van der Waals surface area contributed by atoms with Crippen molar-refractivity contribution in [1.29, 1.82) is 0 Å². The minimum absolute atomic E-state index is 0.172. The van der Waals surface area contributed by atoms with Crippen molar-refractivity contribution in [3.63, 3.8) is 0 Å². The normalized spacial score (nSPS) is 14.8. The Balaban J connectivity index is 2.55. The predicted octanol–water partition coefficient (Wildman–Crippen LogP) is 2.26. The third-order valence-electron chi connectivity index (χ3n) is 2.80. The van der Waals surface area contributed by atoms with Gasteiger partial charge in [-0.3, -0.25) is 4.79 Å². The summed E-state index contributed by atoms with van der Waals surface area (Å²) in [6.07, 6.45) is 3.08. The van der Waals surface area contributed by atoms with Crippen LogP contribution in [0.3, 0.4) is 0 Å². The number of rotatable bonds is 2. The molecule has 0 aliphatic carbocycles. The number of carbonyl (C=O) groups is 1. The molecule has 0 aromatic heterocycles. The Morgan fingerprint density at radius 3 is 2.93 bits per heavy atom. The van der Waals surface area contributed by atoms with Crippen LogP contribution in [0.4, 0.5) is 0 Å². The van der Waals surface area contributed by atoms with Crippen molar-refractivity contribution in [3.8, 4) is 0 Å². The maximum absolute atomic E-state index is 11.5. The van der Waals surface area contributed by atoms with E-state index in [4.69, 9.17) is 0 Å². The van der Waals surface area contributed by atoms with Crippen molar-refractivity contribution in [1.82, 2.24) is 5.32 Å². The fourth-order valence-electron chi connectivity index (χ4n) is 2.00. The van der Waals surface area contributed by atoms with Gasteiger partial charge in [-0.05, 0) is 49.4 Å². The molecule has 0 spiro atoms. The molecule has 1 aliphatic heterocycles. The van der Waals surface area contributed by atoms with E-state index in [2.05, 4.69) is 11.4 Å². The molecular weight excluding hydrogens is 206 g/mol. The van der Waals surface area contributed by atoms with Crippen molar-refractivity contribution >= 4 is 17.5 Å². The highest BCUT2D eigenvalue weighted by Crippen LogP contribution is 2.26. The molecule has 2 rings (SSSR count). The summed E-state index contributed by atoms with van der Waals surface area (Å²) >= 11 is 1.70. The summed E-state index contributed by atoms with van der Waals surface area (Å²) in [5.41, 5.74) is 3.43. The van der Waals surface area contributed by atoms with Gasteiger partial charge in [0.25, 0.3) is 0 Å². The fourth-order valence-corrected chi connectivity index (χ4v) is 2.50. The number of carbonyl (C=O) groups excluding carboxylic acids is 1. The lowest BCUT2D eigenvalue weighted by Gasteiger charge is -2.20. The highest BCUT2D eigenvalue weighted by molar-refractivity contribution is 7.98. The first-order chi connectivity index (χ1) is 7.22. The van der Waals surface area contributed by atoms with Crippen molar-refractivity contribution < 1.29 is 4.79 Å². The van der Waals surface area contributed by atoms with Crippen LogP contribution in [0.5, 0.6) is 0 Å². The van der Waals surface area contributed by atoms with Gasteiger partial charge < -0.3 is 5.32 Å². The zero-order valence-corrected chi connectivity index (χ0v) is 9.91. The van der Waals surface area contributed by atoms with Gasteiger partial charge in [-0.15, -0.1) is 11.8 Å². The molecule has 80 valence electrons. The molecule has 0 bridgehead atoms. The Morgan fingerprint density at radius 1 is 1.47 bits per heavy atom. The third kappa shape index (κ3) is 2.08. The number of nitrogens with one attached hydrogen (secondary N) is 1. The summed E-state index contributed by atoms with van der Waals surface area (Å²) in [5.74, 6) is 0.172. The van der Waals surface area contributed by atoms with Gasteiger partial charge in [-0.25, -0.2) is 0 Å². The Morgan fingerprint density at radius 2 is 2.27 bits per heavy atom. The van der Waals surface area contributed by atoms with Crippen molar-refractivity contribution in [2.24, 2.45) is 0 Å². The number of hydrogen-bond donors (Lipinski definition) is 1. The smallest absolute Gasteiger partial charge is 0.160 e. The van der Waals surface area contributed by atoms with E-state index in [1.54, 1.807) is 18.7 Å². The number of ketones is 1. The molecule has 0 unspecified atom stereocenters. The van der Waals surface area contributed by atoms with Gasteiger partial charge in [-0.1, -0.05) is 0 Å². The molecule has 3 heteroatoms. The van der Waals surface area contributed by atoms with Crippen LogP contribution in [-0.2, 0) is 13.0 Å². The van der Waals surface area contributed by atoms with Crippen molar-refractivity contribution in [2.75, 3.05) is 12.8 Å². The molecule has 15 heavy (non-hydrogen) atoms. The average Bonchev–Trinajstić information content (AvgIpc) is 2.27. The summed E-state index contributed by atoms with van der Waals surface area (Å²) in [7, 11) is 0. The molecule has 1 aromatic rings. The highest BCUT2D eigenvalue weighted by atomic mass is 32.2. The third-order valence-corrected chi connectivity index (χ3v) is 3.51. The lowest BCUT2D eigenvalue weighted by molar-refractivity contribution is 0.101. The van der Waals surface area contributed by atoms with Crippen LogP contribution in [0.1, 0.15) is 28.4 Å². The topological polar surface area (TPSA) is 29.1 Å². The lowest BCUT2D eigenvalue weighted by Crippen LogP contribution is -2.25. The van der Waals surface area contributed by atoms with Crippen LogP contribution < -0.4 is 5.32 Å². The van der Waals surface area contributed by atoms with Gasteiger partial charge in [0.1, 0.15) is 0 Å². The first kappa shape index (κ1) is 10.7. The van der Waals surface area contributed by atoms with Crippen molar-refractivity contribution in [3.05, 3.63) is 28.8 Å². The van der Waals surface area contributed by atoms with Crippen LogP contribution in [0.25, 0.3) is 0 Å². The van der Waals surface area contributed by atoms with Gasteiger partial charge in [0.05, 0.1) is 0 Å². The van der Waals surface area contributed by atoms with E-state index in [-0.39, 0.29) is 5.78 Å². The lowest BCUT2D eigenvalue weighted by atomic mass is 9.94.